The summed E-state index contributed by atoms with van der Waals surface area (Å²) in [7, 11) is 0. The minimum atomic E-state index is -0.0874. The van der Waals surface area contributed by atoms with E-state index in [4.69, 9.17) is 4.74 Å². The van der Waals surface area contributed by atoms with Gasteiger partial charge in [-0.25, -0.2) is 0 Å². The maximum atomic E-state index is 9.58. The van der Waals surface area contributed by atoms with Gasteiger partial charge in [0, 0.05) is 18.8 Å². The smallest absolute Gasteiger partial charge is 0.0613 e. The van der Waals surface area contributed by atoms with E-state index in [9.17, 15) is 5.11 Å². The summed E-state index contributed by atoms with van der Waals surface area (Å²) in [6.45, 7) is 7.27. The monoisotopic (exact) mass is 257 g/mol. The number of hydrogen-bond donors (Lipinski definition) is 2. The first-order valence-electron chi connectivity index (χ1n) is 7.70. The molecule has 3 heteroatoms. The minimum Gasteiger partial charge on any atom is -0.394 e. The average Bonchev–Trinajstić information content (AvgIpc) is 3.22. The molecule has 1 atom stereocenters. The lowest BCUT2D eigenvalue weighted by molar-refractivity contribution is 0.0996. The van der Waals surface area contributed by atoms with Gasteiger partial charge in [0.05, 0.1) is 6.61 Å². The van der Waals surface area contributed by atoms with E-state index in [1.165, 1.54) is 19.3 Å². The maximum Gasteiger partial charge on any atom is 0.0613 e. The van der Waals surface area contributed by atoms with Gasteiger partial charge >= 0.3 is 0 Å². The number of hydrogen-bond acceptors (Lipinski definition) is 3. The van der Waals surface area contributed by atoms with Crippen LogP contribution in [-0.2, 0) is 4.74 Å². The van der Waals surface area contributed by atoms with Gasteiger partial charge in [0.1, 0.15) is 0 Å². The third-order valence-corrected chi connectivity index (χ3v) is 4.04. The Balaban J connectivity index is 2.07. The summed E-state index contributed by atoms with van der Waals surface area (Å²) >= 11 is 0. The highest BCUT2D eigenvalue weighted by atomic mass is 16.5. The molecule has 1 rings (SSSR count). The molecule has 18 heavy (non-hydrogen) atoms. The molecule has 0 aromatic rings. The summed E-state index contributed by atoms with van der Waals surface area (Å²) < 4.78 is 5.66. The lowest BCUT2D eigenvalue weighted by Crippen LogP contribution is -2.48. The van der Waals surface area contributed by atoms with E-state index >= 15 is 0 Å². The molecule has 0 saturated heterocycles. The third kappa shape index (κ3) is 6.17. The topological polar surface area (TPSA) is 41.5 Å². The van der Waals surface area contributed by atoms with E-state index in [0.29, 0.717) is 0 Å². The standard InChI is InChI=1S/C15H31NO2/c1-3-10-16-15(4-2,13-17)9-5-11-18-12-8-14-6-7-14/h14,16-17H,3-13H2,1-2H3. The highest BCUT2D eigenvalue weighted by Crippen LogP contribution is 2.32. The molecule has 2 N–H and O–H groups in total. The second-order valence-corrected chi connectivity index (χ2v) is 5.67. The van der Waals surface area contributed by atoms with Crippen LogP contribution in [0.4, 0.5) is 0 Å². The largest absolute Gasteiger partial charge is 0.394 e. The molecular weight excluding hydrogens is 226 g/mol. The van der Waals surface area contributed by atoms with Crippen molar-refractivity contribution in [1.82, 2.24) is 5.32 Å². The van der Waals surface area contributed by atoms with Gasteiger partial charge in [-0.15, -0.1) is 0 Å². The molecule has 0 aromatic carbocycles. The zero-order valence-corrected chi connectivity index (χ0v) is 12.2. The molecule has 1 aliphatic carbocycles. The first-order chi connectivity index (χ1) is 8.76. The second-order valence-electron chi connectivity index (χ2n) is 5.67. The number of nitrogens with one attached hydrogen (secondary N) is 1. The van der Waals surface area contributed by atoms with Crippen molar-refractivity contribution in [2.45, 2.75) is 64.3 Å². The summed E-state index contributed by atoms with van der Waals surface area (Å²) in [5.41, 5.74) is -0.0874. The molecule has 0 bridgehead atoms. The van der Waals surface area contributed by atoms with Gasteiger partial charge in [-0.05, 0) is 44.6 Å². The summed E-state index contributed by atoms with van der Waals surface area (Å²) in [6, 6.07) is 0. The SMILES string of the molecule is CCCNC(CC)(CO)CCCOCCC1CC1. The molecule has 0 aliphatic heterocycles. The van der Waals surface area contributed by atoms with Crippen LogP contribution in [0.25, 0.3) is 0 Å². The van der Waals surface area contributed by atoms with Crippen molar-refractivity contribution < 1.29 is 9.84 Å². The van der Waals surface area contributed by atoms with Crippen LogP contribution in [0.5, 0.6) is 0 Å². The quantitative estimate of drug-likeness (QED) is 0.528. The molecule has 1 fully saturated rings. The molecule has 108 valence electrons. The minimum absolute atomic E-state index is 0.0874. The Morgan fingerprint density at radius 3 is 2.61 bits per heavy atom. The fraction of sp³-hybridized carbons (Fsp3) is 1.00. The number of rotatable bonds is 12. The highest BCUT2D eigenvalue weighted by Gasteiger charge is 2.25. The molecule has 1 unspecified atom stereocenters. The van der Waals surface area contributed by atoms with Gasteiger partial charge in [-0.3, -0.25) is 0 Å². The number of aliphatic hydroxyl groups excluding tert-OH is 1. The Hall–Kier alpha value is -0.120. The van der Waals surface area contributed by atoms with Crippen LogP contribution in [0.2, 0.25) is 0 Å². The van der Waals surface area contributed by atoms with Gasteiger partial charge in [0.2, 0.25) is 0 Å². The summed E-state index contributed by atoms with van der Waals surface area (Å²) in [5, 5.41) is 13.1. The fourth-order valence-electron chi connectivity index (χ4n) is 2.30. The molecule has 3 nitrogen and oxygen atoms in total. The molecular formula is C15H31NO2. The molecule has 0 aromatic heterocycles. The van der Waals surface area contributed by atoms with Gasteiger partial charge in [-0.1, -0.05) is 26.7 Å². The zero-order chi connectivity index (χ0) is 13.3. The van der Waals surface area contributed by atoms with Gasteiger partial charge in [0.25, 0.3) is 0 Å². The summed E-state index contributed by atoms with van der Waals surface area (Å²) in [6.07, 6.45) is 8.19. The Morgan fingerprint density at radius 2 is 2.06 bits per heavy atom. The molecule has 1 saturated carbocycles. The van der Waals surface area contributed by atoms with Crippen LogP contribution in [0.15, 0.2) is 0 Å². The fourth-order valence-corrected chi connectivity index (χ4v) is 2.30. The van der Waals surface area contributed by atoms with Crippen molar-refractivity contribution in [3.63, 3.8) is 0 Å². The van der Waals surface area contributed by atoms with Gasteiger partial charge < -0.3 is 15.2 Å². The predicted octanol–water partition coefficient (Wildman–Crippen LogP) is 2.72. The van der Waals surface area contributed by atoms with Crippen molar-refractivity contribution in [3.8, 4) is 0 Å². The maximum absolute atomic E-state index is 9.58. The van der Waals surface area contributed by atoms with Crippen LogP contribution in [0, 0.1) is 5.92 Å². The first-order valence-corrected chi connectivity index (χ1v) is 7.70. The Bertz CT molecular complexity index is 201. The van der Waals surface area contributed by atoms with Crippen molar-refractivity contribution in [2.75, 3.05) is 26.4 Å². The van der Waals surface area contributed by atoms with Crippen molar-refractivity contribution >= 4 is 0 Å². The van der Waals surface area contributed by atoms with E-state index in [0.717, 1.165) is 51.4 Å². The predicted molar refractivity (Wildman–Crippen MR) is 75.8 cm³/mol. The van der Waals surface area contributed by atoms with Crippen molar-refractivity contribution in [3.05, 3.63) is 0 Å². The zero-order valence-electron chi connectivity index (χ0n) is 12.2. The van der Waals surface area contributed by atoms with Crippen LogP contribution in [0.3, 0.4) is 0 Å². The summed E-state index contributed by atoms with van der Waals surface area (Å²) in [4.78, 5) is 0. The highest BCUT2D eigenvalue weighted by molar-refractivity contribution is 4.85. The van der Waals surface area contributed by atoms with E-state index < -0.39 is 0 Å². The Labute approximate surface area is 112 Å². The van der Waals surface area contributed by atoms with Gasteiger partial charge in [0.15, 0.2) is 0 Å². The number of ether oxygens (including phenoxy) is 1. The Kier molecular flexibility index (Phi) is 7.87. The van der Waals surface area contributed by atoms with Crippen molar-refractivity contribution in [1.29, 1.82) is 0 Å². The van der Waals surface area contributed by atoms with E-state index in [1.807, 2.05) is 0 Å². The van der Waals surface area contributed by atoms with Crippen LogP contribution in [0.1, 0.15) is 58.8 Å². The average molecular weight is 257 g/mol. The van der Waals surface area contributed by atoms with Crippen molar-refractivity contribution in [2.24, 2.45) is 5.92 Å². The molecule has 1 aliphatic rings. The van der Waals surface area contributed by atoms with E-state index in [2.05, 4.69) is 19.2 Å². The Morgan fingerprint density at radius 1 is 1.28 bits per heavy atom. The summed E-state index contributed by atoms with van der Waals surface area (Å²) in [5.74, 6) is 0.961. The van der Waals surface area contributed by atoms with E-state index in [1.54, 1.807) is 0 Å². The second kappa shape index (κ2) is 8.89. The first kappa shape index (κ1) is 15.9. The molecule has 0 spiro atoms. The normalized spacial score (nSPS) is 18.8. The van der Waals surface area contributed by atoms with E-state index in [-0.39, 0.29) is 12.1 Å². The number of aliphatic hydroxyl groups is 1. The van der Waals surface area contributed by atoms with Crippen LogP contribution >= 0.6 is 0 Å². The van der Waals surface area contributed by atoms with Crippen LogP contribution < -0.4 is 5.32 Å². The third-order valence-electron chi connectivity index (χ3n) is 4.04. The molecule has 0 heterocycles. The molecule has 0 amide bonds. The molecule has 0 radical (unpaired) electrons. The van der Waals surface area contributed by atoms with Gasteiger partial charge in [-0.2, -0.15) is 0 Å². The lowest BCUT2D eigenvalue weighted by atomic mass is 9.91. The van der Waals surface area contributed by atoms with Crippen LogP contribution in [-0.4, -0.2) is 37.0 Å². The lowest BCUT2D eigenvalue weighted by Gasteiger charge is -2.32.